The summed E-state index contributed by atoms with van der Waals surface area (Å²) in [5, 5.41) is 21.3. The lowest BCUT2D eigenvalue weighted by molar-refractivity contribution is 0.0707. The number of carbonyl (C=O) groups is 1. The first-order chi connectivity index (χ1) is 9.90. The van der Waals surface area contributed by atoms with E-state index in [9.17, 15) is 9.90 Å². The van der Waals surface area contributed by atoms with Gasteiger partial charge in [0.2, 0.25) is 0 Å². The van der Waals surface area contributed by atoms with Crippen LogP contribution in [0, 0.1) is 0 Å². The van der Waals surface area contributed by atoms with E-state index in [-0.39, 0.29) is 42.1 Å². The van der Waals surface area contributed by atoms with E-state index in [0.717, 1.165) is 0 Å². The van der Waals surface area contributed by atoms with E-state index < -0.39 is 0 Å². The summed E-state index contributed by atoms with van der Waals surface area (Å²) in [6, 6.07) is 4.36. The number of amidine groups is 1. The Morgan fingerprint density at radius 3 is 2.67 bits per heavy atom. The molecule has 0 aliphatic heterocycles. The minimum absolute atomic E-state index is 0.0447. The van der Waals surface area contributed by atoms with Gasteiger partial charge in [0.1, 0.15) is 17.3 Å². The summed E-state index contributed by atoms with van der Waals surface area (Å²) in [7, 11) is 1.49. The van der Waals surface area contributed by atoms with Gasteiger partial charge in [-0.05, 0) is 32.0 Å². The number of methoxy groups -OCH3 is 1. The normalized spacial score (nSPS) is 11.5. The molecule has 1 amide bonds. The molecule has 7 heteroatoms. The number of rotatable bonds is 6. The second kappa shape index (κ2) is 7.37. The fraction of sp³-hybridized carbons (Fsp3) is 0.429. The number of benzene rings is 1. The Labute approximate surface area is 123 Å². The Morgan fingerprint density at radius 2 is 2.14 bits per heavy atom. The van der Waals surface area contributed by atoms with Gasteiger partial charge in [-0.15, -0.1) is 0 Å². The molecule has 7 nitrogen and oxygen atoms in total. The fourth-order valence-electron chi connectivity index (χ4n) is 1.85. The molecule has 0 aliphatic carbocycles. The van der Waals surface area contributed by atoms with Crippen LogP contribution in [0.3, 0.4) is 0 Å². The van der Waals surface area contributed by atoms with E-state index in [0.29, 0.717) is 5.75 Å². The van der Waals surface area contributed by atoms with Crippen LogP contribution in [0.5, 0.6) is 11.5 Å². The topological polar surface area (TPSA) is 108 Å². The van der Waals surface area contributed by atoms with Gasteiger partial charge < -0.3 is 25.7 Å². The molecule has 0 saturated carbocycles. The van der Waals surface area contributed by atoms with Gasteiger partial charge >= 0.3 is 0 Å². The number of nitrogens with two attached hydrogens (primary N) is 1. The summed E-state index contributed by atoms with van der Waals surface area (Å²) in [5.41, 5.74) is 5.58. The summed E-state index contributed by atoms with van der Waals surface area (Å²) in [6.45, 7) is 3.98. The number of amides is 1. The highest BCUT2D eigenvalue weighted by Crippen LogP contribution is 2.25. The molecule has 0 spiro atoms. The largest absolute Gasteiger partial charge is 0.507 e. The lowest BCUT2D eigenvalue weighted by Gasteiger charge is -2.27. The van der Waals surface area contributed by atoms with E-state index in [4.69, 9.17) is 15.7 Å². The summed E-state index contributed by atoms with van der Waals surface area (Å²) < 4.78 is 5.06. The molecule has 0 heterocycles. The molecule has 1 rings (SSSR count). The predicted molar refractivity (Wildman–Crippen MR) is 78.9 cm³/mol. The number of carbonyl (C=O) groups excluding carboxylic acids is 1. The fourth-order valence-corrected chi connectivity index (χ4v) is 1.85. The van der Waals surface area contributed by atoms with Crippen LogP contribution < -0.4 is 10.5 Å². The summed E-state index contributed by atoms with van der Waals surface area (Å²) in [6.07, 6.45) is 0.241. The highest BCUT2D eigenvalue weighted by molar-refractivity contribution is 5.97. The van der Waals surface area contributed by atoms with Gasteiger partial charge in [-0.3, -0.25) is 4.79 Å². The van der Waals surface area contributed by atoms with Crippen molar-refractivity contribution in [2.45, 2.75) is 26.3 Å². The van der Waals surface area contributed by atoms with Crippen molar-refractivity contribution in [2.75, 3.05) is 13.7 Å². The number of aromatic hydroxyl groups is 1. The molecular weight excluding hydrogens is 274 g/mol. The van der Waals surface area contributed by atoms with Crippen molar-refractivity contribution < 1.29 is 19.8 Å². The highest BCUT2D eigenvalue weighted by Gasteiger charge is 2.22. The van der Waals surface area contributed by atoms with E-state index in [1.165, 1.54) is 24.1 Å². The minimum Gasteiger partial charge on any atom is -0.507 e. The van der Waals surface area contributed by atoms with Gasteiger partial charge in [-0.25, -0.2) is 0 Å². The highest BCUT2D eigenvalue weighted by atomic mass is 16.5. The number of hydrogen-bond acceptors (Lipinski definition) is 5. The van der Waals surface area contributed by atoms with Crippen LogP contribution in [0.1, 0.15) is 30.6 Å². The predicted octanol–water partition coefficient (Wildman–Crippen LogP) is 1.39. The molecule has 1 aromatic rings. The Bertz CT molecular complexity index is 529. The minimum atomic E-state index is -0.341. The van der Waals surface area contributed by atoms with Gasteiger partial charge in [0, 0.05) is 19.0 Å². The van der Waals surface area contributed by atoms with Gasteiger partial charge in [-0.1, -0.05) is 5.16 Å². The number of nitrogens with zero attached hydrogens (tertiary/aromatic N) is 2. The third-order valence-corrected chi connectivity index (χ3v) is 3.06. The molecule has 1 aromatic carbocycles. The van der Waals surface area contributed by atoms with Gasteiger partial charge in [0.05, 0.1) is 12.7 Å². The summed E-state index contributed by atoms with van der Waals surface area (Å²) >= 11 is 0. The lowest BCUT2D eigenvalue weighted by atomic mass is 10.1. The molecule has 21 heavy (non-hydrogen) atoms. The first kappa shape index (κ1) is 16.6. The van der Waals surface area contributed by atoms with E-state index in [1.54, 1.807) is 6.07 Å². The zero-order valence-electron chi connectivity index (χ0n) is 12.4. The van der Waals surface area contributed by atoms with Gasteiger partial charge in [0.25, 0.3) is 5.91 Å². The second-order valence-corrected chi connectivity index (χ2v) is 4.82. The molecule has 0 atom stereocenters. The number of phenolic OH excluding ortho intramolecular Hbond substituents is 1. The Balaban J connectivity index is 3.00. The smallest absolute Gasteiger partial charge is 0.257 e. The van der Waals surface area contributed by atoms with Crippen LogP contribution in [0.25, 0.3) is 0 Å². The number of ether oxygens (including phenoxy) is 1. The molecule has 0 radical (unpaired) electrons. The van der Waals surface area contributed by atoms with Crippen LogP contribution in [0.2, 0.25) is 0 Å². The van der Waals surface area contributed by atoms with E-state index in [2.05, 4.69) is 5.16 Å². The van der Waals surface area contributed by atoms with Crippen molar-refractivity contribution in [1.29, 1.82) is 0 Å². The molecule has 0 fully saturated rings. The second-order valence-electron chi connectivity index (χ2n) is 4.82. The average Bonchev–Trinajstić information content (AvgIpc) is 2.47. The molecule has 0 aliphatic rings. The van der Waals surface area contributed by atoms with Crippen LogP contribution in [0.15, 0.2) is 23.4 Å². The SMILES string of the molecule is COc1ccc(O)c(C(=O)N(CCC(N)=NO)C(C)C)c1. The third-order valence-electron chi connectivity index (χ3n) is 3.06. The van der Waals surface area contributed by atoms with Crippen molar-refractivity contribution >= 4 is 11.7 Å². The van der Waals surface area contributed by atoms with Crippen molar-refractivity contribution in [1.82, 2.24) is 4.90 Å². The lowest BCUT2D eigenvalue weighted by Crippen LogP contribution is -2.39. The molecule has 0 saturated heterocycles. The number of hydrogen-bond donors (Lipinski definition) is 3. The number of oxime groups is 1. The zero-order valence-corrected chi connectivity index (χ0v) is 12.4. The first-order valence-corrected chi connectivity index (χ1v) is 6.55. The first-order valence-electron chi connectivity index (χ1n) is 6.55. The molecule has 0 aromatic heterocycles. The quantitative estimate of drug-likeness (QED) is 0.318. The average molecular weight is 295 g/mol. The Hall–Kier alpha value is -2.44. The van der Waals surface area contributed by atoms with Gasteiger partial charge in [-0.2, -0.15) is 0 Å². The van der Waals surface area contributed by atoms with Crippen molar-refractivity contribution in [2.24, 2.45) is 10.9 Å². The van der Waals surface area contributed by atoms with E-state index >= 15 is 0 Å². The maximum atomic E-state index is 12.5. The monoisotopic (exact) mass is 295 g/mol. The number of phenols is 1. The van der Waals surface area contributed by atoms with Crippen molar-refractivity contribution in [3.05, 3.63) is 23.8 Å². The molecule has 0 bridgehead atoms. The standard InChI is InChI=1S/C14H21N3O4/c1-9(2)17(7-6-13(15)16-20)14(19)11-8-10(21-3)4-5-12(11)18/h4-5,8-9,18,20H,6-7H2,1-3H3,(H2,15,16). The zero-order chi connectivity index (χ0) is 16.0. The molecular formula is C14H21N3O4. The summed E-state index contributed by atoms with van der Waals surface area (Å²) in [5.74, 6) is 0.0713. The third kappa shape index (κ3) is 4.27. The maximum absolute atomic E-state index is 12.5. The summed E-state index contributed by atoms with van der Waals surface area (Å²) in [4.78, 5) is 14.1. The Morgan fingerprint density at radius 1 is 1.48 bits per heavy atom. The molecule has 4 N–H and O–H groups in total. The Kier molecular flexibility index (Phi) is 5.83. The van der Waals surface area contributed by atoms with Crippen molar-refractivity contribution in [3.8, 4) is 11.5 Å². The van der Waals surface area contributed by atoms with Crippen molar-refractivity contribution in [3.63, 3.8) is 0 Å². The van der Waals surface area contributed by atoms with Crippen LogP contribution in [-0.2, 0) is 0 Å². The van der Waals surface area contributed by atoms with Crippen LogP contribution in [0.4, 0.5) is 0 Å². The van der Waals surface area contributed by atoms with Crippen LogP contribution in [-0.4, -0.2) is 46.7 Å². The van der Waals surface area contributed by atoms with E-state index in [1.807, 2.05) is 13.8 Å². The molecule has 0 unspecified atom stereocenters. The van der Waals surface area contributed by atoms with Gasteiger partial charge in [0.15, 0.2) is 0 Å². The maximum Gasteiger partial charge on any atom is 0.257 e. The molecule has 116 valence electrons. The van der Waals surface area contributed by atoms with Crippen LogP contribution >= 0.6 is 0 Å².